The molecule has 0 aliphatic heterocycles. The average molecular weight is 267 g/mol. The van der Waals surface area contributed by atoms with E-state index in [1.807, 2.05) is 18.2 Å². The van der Waals surface area contributed by atoms with Gasteiger partial charge in [-0.05, 0) is 30.5 Å². The van der Waals surface area contributed by atoms with Crippen molar-refractivity contribution < 1.29 is 0 Å². The van der Waals surface area contributed by atoms with Gasteiger partial charge in [0.25, 0.3) is 0 Å². The van der Waals surface area contributed by atoms with Crippen molar-refractivity contribution in [3.63, 3.8) is 0 Å². The Morgan fingerprint density at radius 1 is 1.47 bits per heavy atom. The molecular formula is C12H15BrN2. The van der Waals surface area contributed by atoms with Gasteiger partial charge in [-0.15, -0.1) is 0 Å². The molecule has 0 fully saturated rings. The van der Waals surface area contributed by atoms with Crippen molar-refractivity contribution >= 4 is 21.6 Å². The fraction of sp³-hybridized carbons (Fsp3) is 0.417. The number of rotatable bonds is 4. The molecule has 0 saturated heterocycles. The summed E-state index contributed by atoms with van der Waals surface area (Å²) in [6.07, 6.45) is 1.11. The molecule has 1 aromatic rings. The van der Waals surface area contributed by atoms with Gasteiger partial charge in [-0.25, -0.2) is 0 Å². The number of nitrogens with one attached hydrogen (secondary N) is 1. The molecule has 0 atom stereocenters. The summed E-state index contributed by atoms with van der Waals surface area (Å²) < 4.78 is 0.938. The van der Waals surface area contributed by atoms with E-state index in [0.717, 1.165) is 23.1 Å². The minimum Gasteiger partial charge on any atom is -0.384 e. The third-order valence-electron chi connectivity index (χ3n) is 2.14. The van der Waals surface area contributed by atoms with Crippen LogP contribution < -0.4 is 5.32 Å². The van der Waals surface area contributed by atoms with Crippen LogP contribution in [0.1, 0.15) is 25.8 Å². The maximum atomic E-state index is 8.94. The molecule has 80 valence electrons. The molecule has 0 aliphatic rings. The lowest BCUT2D eigenvalue weighted by atomic mass is 10.1. The molecule has 0 aromatic heterocycles. The molecule has 1 aromatic carbocycles. The van der Waals surface area contributed by atoms with Crippen LogP contribution in [-0.4, -0.2) is 6.54 Å². The Balaban J connectivity index is 2.65. The Hall–Kier alpha value is -1.01. The molecule has 1 N–H and O–H groups in total. The van der Waals surface area contributed by atoms with Crippen LogP contribution in [0.3, 0.4) is 0 Å². The number of halogens is 1. The van der Waals surface area contributed by atoms with Gasteiger partial charge in [0.15, 0.2) is 0 Å². The van der Waals surface area contributed by atoms with Crippen LogP contribution >= 0.6 is 15.9 Å². The minimum atomic E-state index is 0.679. The second-order valence-electron chi connectivity index (χ2n) is 3.91. The van der Waals surface area contributed by atoms with E-state index in [-0.39, 0.29) is 0 Å². The second-order valence-corrected chi connectivity index (χ2v) is 4.83. The van der Waals surface area contributed by atoms with Gasteiger partial charge in [0.1, 0.15) is 6.07 Å². The fourth-order valence-corrected chi connectivity index (χ4v) is 1.62. The summed E-state index contributed by atoms with van der Waals surface area (Å²) >= 11 is 3.35. The lowest BCUT2D eigenvalue weighted by molar-refractivity contribution is 0.607. The lowest BCUT2D eigenvalue weighted by Crippen LogP contribution is -2.05. The van der Waals surface area contributed by atoms with Crippen molar-refractivity contribution in [2.24, 2.45) is 5.92 Å². The van der Waals surface area contributed by atoms with E-state index in [4.69, 9.17) is 5.26 Å². The lowest BCUT2D eigenvalue weighted by Gasteiger charge is -2.09. The first-order chi connectivity index (χ1) is 7.13. The van der Waals surface area contributed by atoms with Crippen LogP contribution in [0.5, 0.6) is 0 Å². The van der Waals surface area contributed by atoms with Crippen LogP contribution in [0, 0.1) is 17.2 Å². The highest BCUT2D eigenvalue weighted by atomic mass is 79.9. The van der Waals surface area contributed by atoms with E-state index >= 15 is 0 Å². The first kappa shape index (κ1) is 12.1. The number of benzene rings is 1. The Kier molecular flexibility index (Phi) is 4.64. The predicted octanol–water partition coefficient (Wildman–Crippen LogP) is 3.78. The standard InChI is InChI=1S/C12H15BrN2/c1-9(2)5-6-15-12-4-3-11(13)7-10(12)8-14/h3-4,7,9,15H,5-6H2,1-2H3. The van der Waals surface area contributed by atoms with Crippen molar-refractivity contribution in [3.8, 4) is 6.07 Å². The van der Waals surface area contributed by atoms with E-state index in [1.54, 1.807) is 0 Å². The van der Waals surface area contributed by atoms with Crippen LogP contribution in [0.4, 0.5) is 5.69 Å². The Bertz CT molecular complexity index is 366. The Morgan fingerprint density at radius 3 is 2.80 bits per heavy atom. The van der Waals surface area contributed by atoms with Crippen molar-refractivity contribution in [2.75, 3.05) is 11.9 Å². The highest BCUT2D eigenvalue weighted by Gasteiger charge is 2.02. The monoisotopic (exact) mass is 266 g/mol. The smallest absolute Gasteiger partial charge is 0.101 e. The van der Waals surface area contributed by atoms with Crippen LogP contribution in [0.15, 0.2) is 22.7 Å². The molecule has 0 aliphatic carbocycles. The zero-order valence-corrected chi connectivity index (χ0v) is 10.6. The molecule has 1 rings (SSSR count). The first-order valence-electron chi connectivity index (χ1n) is 5.07. The van der Waals surface area contributed by atoms with Gasteiger partial charge in [0, 0.05) is 11.0 Å². The van der Waals surface area contributed by atoms with Crippen LogP contribution in [-0.2, 0) is 0 Å². The summed E-state index contributed by atoms with van der Waals surface area (Å²) in [6, 6.07) is 7.89. The summed E-state index contributed by atoms with van der Waals surface area (Å²) in [4.78, 5) is 0. The summed E-state index contributed by atoms with van der Waals surface area (Å²) in [5, 5.41) is 12.2. The average Bonchev–Trinajstić information content (AvgIpc) is 2.19. The normalized spacial score (nSPS) is 10.1. The molecule has 0 unspecified atom stereocenters. The van der Waals surface area contributed by atoms with Crippen molar-refractivity contribution in [3.05, 3.63) is 28.2 Å². The molecule has 15 heavy (non-hydrogen) atoms. The summed E-state index contributed by atoms with van der Waals surface area (Å²) in [6.45, 7) is 5.29. The Morgan fingerprint density at radius 2 is 2.20 bits per heavy atom. The molecule has 2 nitrogen and oxygen atoms in total. The zero-order chi connectivity index (χ0) is 11.3. The Labute approximate surface area is 99.4 Å². The van der Waals surface area contributed by atoms with Gasteiger partial charge in [0.2, 0.25) is 0 Å². The van der Waals surface area contributed by atoms with E-state index in [9.17, 15) is 0 Å². The fourth-order valence-electron chi connectivity index (χ4n) is 1.26. The zero-order valence-electron chi connectivity index (χ0n) is 9.05. The first-order valence-corrected chi connectivity index (χ1v) is 5.86. The van der Waals surface area contributed by atoms with E-state index in [0.29, 0.717) is 11.5 Å². The maximum absolute atomic E-state index is 8.94. The number of nitrogens with zero attached hydrogens (tertiary/aromatic N) is 1. The maximum Gasteiger partial charge on any atom is 0.101 e. The van der Waals surface area contributed by atoms with E-state index < -0.39 is 0 Å². The van der Waals surface area contributed by atoms with Gasteiger partial charge < -0.3 is 5.32 Å². The summed E-state index contributed by atoms with van der Waals surface area (Å²) in [5.74, 6) is 0.679. The van der Waals surface area contributed by atoms with Gasteiger partial charge in [0.05, 0.1) is 11.3 Å². The van der Waals surface area contributed by atoms with Gasteiger partial charge in [-0.3, -0.25) is 0 Å². The van der Waals surface area contributed by atoms with Gasteiger partial charge >= 0.3 is 0 Å². The number of anilines is 1. The second kappa shape index (κ2) is 5.77. The predicted molar refractivity (Wildman–Crippen MR) is 66.8 cm³/mol. The quantitative estimate of drug-likeness (QED) is 0.901. The molecule has 0 saturated carbocycles. The van der Waals surface area contributed by atoms with Crippen molar-refractivity contribution in [2.45, 2.75) is 20.3 Å². The number of hydrogen-bond acceptors (Lipinski definition) is 2. The number of hydrogen-bond donors (Lipinski definition) is 1. The highest BCUT2D eigenvalue weighted by Crippen LogP contribution is 2.20. The summed E-state index contributed by atoms with van der Waals surface area (Å²) in [7, 11) is 0. The molecule has 3 heteroatoms. The number of nitriles is 1. The van der Waals surface area contributed by atoms with Crippen molar-refractivity contribution in [1.29, 1.82) is 5.26 Å². The van der Waals surface area contributed by atoms with Crippen molar-refractivity contribution in [1.82, 2.24) is 0 Å². The molecule has 0 heterocycles. The summed E-state index contributed by atoms with van der Waals surface area (Å²) in [5.41, 5.74) is 1.61. The molecule has 0 amide bonds. The third kappa shape index (κ3) is 3.93. The largest absolute Gasteiger partial charge is 0.384 e. The third-order valence-corrected chi connectivity index (χ3v) is 2.63. The topological polar surface area (TPSA) is 35.8 Å². The van der Waals surface area contributed by atoms with Crippen LogP contribution in [0.2, 0.25) is 0 Å². The highest BCUT2D eigenvalue weighted by molar-refractivity contribution is 9.10. The molecule has 0 spiro atoms. The van der Waals surface area contributed by atoms with Crippen LogP contribution in [0.25, 0.3) is 0 Å². The minimum absolute atomic E-state index is 0.679. The van der Waals surface area contributed by atoms with Gasteiger partial charge in [-0.2, -0.15) is 5.26 Å². The van der Waals surface area contributed by atoms with E-state index in [2.05, 4.69) is 41.2 Å². The molecule has 0 bridgehead atoms. The van der Waals surface area contributed by atoms with Gasteiger partial charge in [-0.1, -0.05) is 29.8 Å². The SMILES string of the molecule is CC(C)CCNc1ccc(Br)cc1C#N. The molecule has 0 radical (unpaired) electrons. The van der Waals surface area contributed by atoms with E-state index in [1.165, 1.54) is 0 Å². The molecular weight excluding hydrogens is 252 g/mol.